The molecule has 0 aliphatic rings. The number of likely N-dealkylation sites (N-methyl/N-ethyl adjacent to an activating group) is 1. The van der Waals surface area contributed by atoms with E-state index in [0.29, 0.717) is 23.8 Å². The van der Waals surface area contributed by atoms with Gasteiger partial charge in [0.15, 0.2) is 0 Å². The lowest BCUT2D eigenvalue weighted by molar-refractivity contribution is -0.139. The Balaban J connectivity index is 1.69. The lowest BCUT2D eigenvalue weighted by Gasteiger charge is -2.32. The number of methoxy groups -OCH3 is 1. The molecular formula is C34H37N3O6S. The van der Waals surface area contributed by atoms with Gasteiger partial charge in [0.2, 0.25) is 11.8 Å². The summed E-state index contributed by atoms with van der Waals surface area (Å²) in [7, 11) is -2.62. The highest BCUT2D eigenvalue weighted by atomic mass is 32.2. The molecule has 0 saturated heterocycles. The molecule has 0 fully saturated rings. The van der Waals surface area contributed by atoms with Gasteiger partial charge in [0.25, 0.3) is 10.0 Å². The van der Waals surface area contributed by atoms with Crippen LogP contribution in [0.5, 0.6) is 17.2 Å². The van der Waals surface area contributed by atoms with Crippen LogP contribution in [0, 0.1) is 6.92 Å². The molecule has 4 aromatic carbocycles. The fourth-order valence-corrected chi connectivity index (χ4v) is 5.92. The molecule has 44 heavy (non-hydrogen) atoms. The van der Waals surface area contributed by atoms with Crippen LogP contribution in [0.15, 0.2) is 108 Å². The van der Waals surface area contributed by atoms with Crippen molar-refractivity contribution in [3.05, 3.63) is 114 Å². The van der Waals surface area contributed by atoms with Gasteiger partial charge in [0.05, 0.1) is 17.7 Å². The highest BCUT2D eigenvalue weighted by Crippen LogP contribution is 2.29. The summed E-state index contributed by atoms with van der Waals surface area (Å²) in [6.45, 7) is 5.22. The van der Waals surface area contributed by atoms with Crippen LogP contribution in [0.1, 0.15) is 25.0 Å². The van der Waals surface area contributed by atoms with Gasteiger partial charge >= 0.3 is 0 Å². The van der Waals surface area contributed by atoms with Crippen molar-refractivity contribution in [2.75, 3.05) is 24.5 Å². The summed E-state index contributed by atoms with van der Waals surface area (Å²) >= 11 is 0. The van der Waals surface area contributed by atoms with Gasteiger partial charge < -0.3 is 19.7 Å². The number of hydrogen-bond acceptors (Lipinski definition) is 6. The van der Waals surface area contributed by atoms with Crippen LogP contribution in [0.4, 0.5) is 5.69 Å². The zero-order valence-corrected chi connectivity index (χ0v) is 26.1. The van der Waals surface area contributed by atoms with Gasteiger partial charge in [0, 0.05) is 13.1 Å². The summed E-state index contributed by atoms with van der Waals surface area (Å²) < 4.78 is 40.3. The molecule has 1 N–H and O–H groups in total. The molecule has 2 amide bonds. The second kappa shape index (κ2) is 14.6. The van der Waals surface area contributed by atoms with E-state index in [1.54, 1.807) is 81.6 Å². The van der Waals surface area contributed by atoms with E-state index < -0.39 is 28.5 Å². The third-order valence-corrected chi connectivity index (χ3v) is 8.81. The van der Waals surface area contributed by atoms with Gasteiger partial charge in [-0.1, -0.05) is 48.0 Å². The Labute approximate surface area is 259 Å². The van der Waals surface area contributed by atoms with Crippen molar-refractivity contribution in [2.24, 2.45) is 0 Å². The Morgan fingerprint density at radius 2 is 1.41 bits per heavy atom. The van der Waals surface area contributed by atoms with E-state index in [2.05, 4.69) is 5.32 Å². The fourth-order valence-electron chi connectivity index (χ4n) is 4.50. The minimum absolute atomic E-state index is 0.0407. The van der Waals surface area contributed by atoms with Gasteiger partial charge in [0.1, 0.15) is 29.8 Å². The zero-order valence-electron chi connectivity index (χ0n) is 25.3. The minimum atomic E-state index is -4.18. The maximum absolute atomic E-state index is 14.0. The van der Waals surface area contributed by atoms with Gasteiger partial charge in [-0.25, -0.2) is 8.42 Å². The Morgan fingerprint density at radius 1 is 0.818 bits per heavy atom. The Bertz CT molecular complexity index is 1640. The van der Waals surface area contributed by atoms with Crippen molar-refractivity contribution in [3.8, 4) is 17.2 Å². The van der Waals surface area contributed by atoms with Crippen LogP contribution in [0.3, 0.4) is 0 Å². The third kappa shape index (κ3) is 7.96. The number of sulfonamides is 1. The van der Waals surface area contributed by atoms with Crippen LogP contribution < -0.4 is 19.1 Å². The molecule has 0 aromatic heterocycles. The number of hydrogen-bond donors (Lipinski definition) is 1. The quantitative estimate of drug-likeness (QED) is 0.212. The molecule has 230 valence electrons. The maximum atomic E-state index is 14.0. The third-order valence-electron chi connectivity index (χ3n) is 7.02. The number of carbonyl (C=O) groups is 2. The summed E-state index contributed by atoms with van der Waals surface area (Å²) in [4.78, 5) is 28.4. The predicted octanol–water partition coefficient (Wildman–Crippen LogP) is 5.54. The lowest BCUT2D eigenvalue weighted by Crippen LogP contribution is -2.51. The number of benzene rings is 4. The summed E-state index contributed by atoms with van der Waals surface area (Å²) in [5.74, 6) is 0.904. The summed E-state index contributed by atoms with van der Waals surface area (Å²) in [5, 5.41) is 2.76. The molecule has 0 radical (unpaired) electrons. The molecule has 0 heterocycles. The van der Waals surface area contributed by atoms with E-state index in [4.69, 9.17) is 9.47 Å². The smallest absolute Gasteiger partial charge is 0.264 e. The van der Waals surface area contributed by atoms with E-state index >= 15 is 0 Å². The number of nitrogens with one attached hydrogen (secondary N) is 1. The first-order valence-corrected chi connectivity index (χ1v) is 15.7. The molecule has 0 aliphatic heterocycles. The number of nitrogens with zero attached hydrogens (tertiary/aromatic N) is 2. The van der Waals surface area contributed by atoms with Gasteiger partial charge in [-0.15, -0.1) is 0 Å². The van der Waals surface area contributed by atoms with Gasteiger partial charge in [-0.2, -0.15) is 0 Å². The molecule has 4 aromatic rings. The molecule has 0 aliphatic carbocycles. The summed E-state index contributed by atoms with van der Waals surface area (Å²) in [6, 6.07) is 28.4. The van der Waals surface area contributed by atoms with E-state index in [-0.39, 0.29) is 23.0 Å². The lowest BCUT2D eigenvalue weighted by atomic mass is 10.1. The van der Waals surface area contributed by atoms with Crippen LogP contribution in [0.2, 0.25) is 0 Å². The zero-order chi connectivity index (χ0) is 31.7. The fraction of sp³-hybridized carbons (Fsp3) is 0.235. The summed E-state index contributed by atoms with van der Waals surface area (Å²) in [6.07, 6.45) is 0. The van der Waals surface area contributed by atoms with Crippen molar-refractivity contribution < 1.29 is 27.5 Å². The number of rotatable bonds is 13. The van der Waals surface area contributed by atoms with Crippen LogP contribution in [-0.2, 0) is 26.2 Å². The molecule has 1 atom stereocenters. The average Bonchev–Trinajstić information content (AvgIpc) is 3.03. The molecule has 0 bridgehead atoms. The average molecular weight is 616 g/mol. The molecule has 10 heteroatoms. The number of anilines is 1. The van der Waals surface area contributed by atoms with Crippen LogP contribution >= 0.6 is 0 Å². The van der Waals surface area contributed by atoms with E-state index in [1.165, 1.54) is 17.0 Å². The highest BCUT2D eigenvalue weighted by molar-refractivity contribution is 7.92. The Hall–Kier alpha value is -4.83. The first-order chi connectivity index (χ1) is 21.1. The molecular weight excluding hydrogens is 578 g/mol. The molecule has 4 rings (SSSR count). The van der Waals surface area contributed by atoms with Crippen molar-refractivity contribution in [3.63, 3.8) is 0 Å². The first kappa shape index (κ1) is 32.1. The highest BCUT2D eigenvalue weighted by Gasteiger charge is 2.32. The number of aryl methyl sites for hydroxylation is 1. The van der Waals surface area contributed by atoms with Crippen molar-refractivity contribution in [1.29, 1.82) is 0 Å². The van der Waals surface area contributed by atoms with Crippen molar-refractivity contribution in [2.45, 2.75) is 38.3 Å². The van der Waals surface area contributed by atoms with Crippen LogP contribution in [-0.4, -0.2) is 51.4 Å². The second-order valence-corrected chi connectivity index (χ2v) is 12.0. The largest absolute Gasteiger partial charge is 0.497 e. The van der Waals surface area contributed by atoms with Crippen molar-refractivity contribution in [1.82, 2.24) is 10.2 Å². The second-order valence-electron chi connectivity index (χ2n) is 10.2. The standard InChI is InChI=1S/C34H37N3O6S/c1-5-35-34(39)26(3)36(23-27-13-17-29(42-4)18-14-27)33(38)24-37(44(40,41)32-21-11-25(2)12-22-32)28-15-19-31(20-16-28)43-30-9-7-6-8-10-30/h6-22,26H,5,23-24H2,1-4H3,(H,35,39). The topological polar surface area (TPSA) is 105 Å². The number of ether oxygens (including phenoxy) is 2. The van der Waals surface area contributed by atoms with Gasteiger partial charge in [-0.3, -0.25) is 13.9 Å². The van der Waals surface area contributed by atoms with E-state index in [9.17, 15) is 18.0 Å². The van der Waals surface area contributed by atoms with Gasteiger partial charge in [-0.05, 0) is 87.0 Å². The first-order valence-electron chi connectivity index (χ1n) is 14.2. The number of amides is 2. The molecule has 0 spiro atoms. The maximum Gasteiger partial charge on any atom is 0.264 e. The Kier molecular flexibility index (Phi) is 10.6. The number of carbonyl (C=O) groups excluding carboxylic acids is 2. The minimum Gasteiger partial charge on any atom is -0.497 e. The van der Waals surface area contributed by atoms with Crippen LogP contribution in [0.25, 0.3) is 0 Å². The normalized spacial score (nSPS) is 11.7. The SMILES string of the molecule is CCNC(=O)C(C)N(Cc1ccc(OC)cc1)C(=O)CN(c1ccc(Oc2ccccc2)cc1)S(=O)(=O)c1ccc(C)cc1. The predicted molar refractivity (Wildman–Crippen MR) is 170 cm³/mol. The molecule has 1 unspecified atom stereocenters. The molecule has 0 saturated carbocycles. The molecule has 9 nitrogen and oxygen atoms in total. The Morgan fingerprint density at radius 3 is 2.00 bits per heavy atom. The van der Waals surface area contributed by atoms with E-state index in [1.807, 2.05) is 37.3 Å². The van der Waals surface area contributed by atoms with E-state index in [0.717, 1.165) is 15.4 Å². The monoisotopic (exact) mass is 615 g/mol. The number of para-hydroxylation sites is 1. The summed E-state index contributed by atoms with van der Waals surface area (Å²) in [5.41, 5.74) is 1.93. The van der Waals surface area contributed by atoms with Crippen molar-refractivity contribution >= 4 is 27.5 Å².